The standard InChI is InChI=1S/C21H26N2O2/c24-21(22-14-18-8-3-1-4-9-18)17-23(16-20-12-7-13-25-20)15-19-10-5-2-6-11-19/h1-6,8-11,20H,7,12-17H2,(H,22,24). The maximum Gasteiger partial charge on any atom is 0.234 e. The number of ether oxygens (including phenoxy) is 1. The first kappa shape index (κ1) is 17.6. The summed E-state index contributed by atoms with van der Waals surface area (Å²) >= 11 is 0. The number of rotatable bonds is 8. The SMILES string of the molecule is O=C(CN(Cc1ccccc1)CC1CCCO1)NCc1ccccc1. The fourth-order valence-corrected chi connectivity index (χ4v) is 3.16. The summed E-state index contributed by atoms with van der Waals surface area (Å²) in [5.74, 6) is 0.0535. The van der Waals surface area contributed by atoms with Gasteiger partial charge in [0.1, 0.15) is 0 Å². The Bertz CT molecular complexity index is 639. The van der Waals surface area contributed by atoms with Crippen molar-refractivity contribution in [2.75, 3.05) is 19.7 Å². The molecule has 132 valence electrons. The van der Waals surface area contributed by atoms with Gasteiger partial charge >= 0.3 is 0 Å². The molecule has 0 spiro atoms. The molecule has 0 bridgehead atoms. The van der Waals surface area contributed by atoms with Gasteiger partial charge in [0.15, 0.2) is 0 Å². The lowest BCUT2D eigenvalue weighted by Gasteiger charge is -2.24. The summed E-state index contributed by atoms with van der Waals surface area (Å²) in [6, 6.07) is 20.3. The van der Waals surface area contributed by atoms with Gasteiger partial charge in [0.2, 0.25) is 5.91 Å². The molecular weight excluding hydrogens is 312 g/mol. The number of hydrogen-bond donors (Lipinski definition) is 1. The first-order valence-corrected chi connectivity index (χ1v) is 8.98. The predicted octanol–water partition coefficient (Wildman–Crippen LogP) is 2.98. The summed E-state index contributed by atoms with van der Waals surface area (Å²) in [7, 11) is 0. The van der Waals surface area contributed by atoms with Crippen LogP contribution in [0.25, 0.3) is 0 Å². The van der Waals surface area contributed by atoms with E-state index in [9.17, 15) is 4.79 Å². The molecule has 4 nitrogen and oxygen atoms in total. The molecule has 1 aliphatic heterocycles. The summed E-state index contributed by atoms with van der Waals surface area (Å²) in [5, 5.41) is 3.02. The molecule has 1 saturated heterocycles. The van der Waals surface area contributed by atoms with Crippen LogP contribution in [0.5, 0.6) is 0 Å². The molecule has 1 atom stereocenters. The van der Waals surface area contributed by atoms with Crippen LogP contribution >= 0.6 is 0 Å². The van der Waals surface area contributed by atoms with Gasteiger partial charge in [-0.25, -0.2) is 0 Å². The average Bonchev–Trinajstić information content (AvgIpc) is 3.15. The van der Waals surface area contributed by atoms with Gasteiger partial charge in [0.05, 0.1) is 12.6 Å². The Hall–Kier alpha value is -2.17. The van der Waals surface area contributed by atoms with Crippen LogP contribution in [0.1, 0.15) is 24.0 Å². The summed E-state index contributed by atoms with van der Waals surface area (Å²) in [6.45, 7) is 3.36. The summed E-state index contributed by atoms with van der Waals surface area (Å²) in [4.78, 5) is 14.6. The second-order valence-corrected chi connectivity index (χ2v) is 6.55. The van der Waals surface area contributed by atoms with E-state index in [1.54, 1.807) is 0 Å². The van der Waals surface area contributed by atoms with E-state index in [1.807, 2.05) is 48.5 Å². The van der Waals surface area contributed by atoms with Crippen LogP contribution in [0.3, 0.4) is 0 Å². The highest BCUT2D eigenvalue weighted by Crippen LogP contribution is 2.15. The van der Waals surface area contributed by atoms with Crippen molar-refractivity contribution in [1.82, 2.24) is 10.2 Å². The lowest BCUT2D eigenvalue weighted by molar-refractivity contribution is -0.122. The molecule has 1 amide bonds. The van der Waals surface area contributed by atoms with Crippen LogP contribution in [0.2, 0.25) is 0 Å². The van der Waals surface area contributed by atoms with E-state index in [4.69, 9.17) is 4.74 Å². The smallest absolute Gasteiger partial charge is 0.234 e. The van der Waals surface area contributed by atoms with E-state index in [2.05, 4.69) is 22.3 Å². The zero-order chi connectivity index (χ0) is 17.3. The number of nitrogens with zero attached hydrogens (tertiary/aromatic N) is 1. The second kappa shape index (κ2) is 9.35. The normalized spacial score (nSPS) is 16.9. The first-order valence-electron chi connectivity index (χ1n) is 8.98. The molecule has 2 aromatic carbocycles. The van der Waals surface area contributed by atoms with Crippen molar-refractivity contribution in [3.63, 3.8) is 0 Å². The van der Waals surface area contributed by atoms with Crippen molar-refractivity contribution < 1.29 is 9.53 Å². The van der Waals surface area contributed by atoms with E-state index in [0.717, 1.165) is 38.1 Å². The number of amides is 1. The van der Waals surface area contributed by atoms with Gasteiger partial charge < -0.3 is 10.1 Å². The van der Waals surface area contributed by atoms with Crippen molar-refractivity contribution in [3.8, 4) is 0 Å². The molecule has 0 aliphatic carbocycles. The van der Waals surface area contributed by atoms with Gasteiger partial charge in [-0.05, 0) is 24.0 Å². The van der Waals surface area contributed by atoms with Crippen molar-refractivity contribution in [3.05, 3.63) is 71.8 Å². The molecule has 2 aromatic rings. The maximum absolute atomic E-state index is 12.4. The van der Waals surface area contributed by atoms with Gasteiger partial charge in [-0.3, -0.25) is 9.69 Å². The van der Waals surface area contributed by atoms with Gasteiger partial charge in [-0.15, -0.1) is 0 Å². The maximum atomic E-state index is 12.4. The molecule has 4 heteroatoms. The number of nitrogens with one attached hydrogen (secondary N) is 1. The fraction of sp³-hybridized carbons (Fsp3) is 0.381. The third kappa shape index (κ3) is 6.00. The molecule has 1 unspecified atom stereocenters. The van der Waals surface area contributed by atoms with Crippen LogP contribution in [0.4, 0.5) is 0 Å². The highest BCUT2D eigenvalue weighted by atomic mass is 16.5. The van der Waals surface area contributed by atoms with Crippen LogP contribution in [0.15, 0.2) is 60.7 Å². The minimum atomic E-state index is 0.0535. The van der Waals surface area contributed by atoms with E-state index < -0.39 is 0 Å². The van der Waals surface area contributed by atoms with Crippen molar-refractivity contribution >= 4 is 5.91 Å². The van der Waals surface area contributed by atoms with Crippen LogP contribution in [-0.4, -0.2) is 36.6 Å². The Balaban J connectivity index is 1.54. The lowest BCUT2D eigenvalue weighted by atomic mass is 10.2. The fourth-order valence-electron chi connectivity index (χ4n) is 3.16. The number of carbonyl (C=O) groups is 1. The molecule has 1 N–H and O–H groups in total. The minimum Gasteiger partial charge on any atom is -0.377 e. The van der Waals surface area contributed by atoms with Gasteiger partial charge in [0.25, 0.3) is 0 Å². The molecule has 0 aromatic heterocycles. The highest BCUT2D eigenvalue weighted by Gasteiger charge is 2.21. The molecule has 0 saturated carbocycles. The topological polar surface area (TPSA) is 41.6 Å². The van der Waals surface area contributed by atoms with Gasteiger partial charge in [-0.2, -0.15) is 0 Å². The van der Waals surface area contributed by atoms with Crippen molar-refractivity contribution in [2.45, 2.75) is 32.0 Å². The van der Waals surface area contributed by atoms with Crippen molar-refractivity contribution in [2.24, 2.45) is 0 Å². The molecule has 1 fully saturated rings. The van der Waals surface area contributed by atoms with Gasteiger partial charge in [0, 0.05) is 26.2 Å². The Morgan fingerprint density at radius 1 is 1.04 bits per heavy atom. The molecule has 1 aliphatic rings. The Morgan fingerprint density at radius 3 is 2.36 bits per heavy atom. The number of carbonyl (C=O) groups excluding carboxylic acids is 1. The van der Waals surface area contributed by atoms with Crippen LogP contribution < -0.4 is 5.32 Å². The summed E-state index contributed by atoms with van der Waals surface area (Å²) in [5.41, 5.74) is 2.33. The highest BCUT2D eigenvalue weighted by molar-refractivity contribution is 5.78. The largest absolute Gasteiger partial charge is 0.377 e. The summed E-state index contributed by atoms with van der Waals surface area (Å²) < 4.78 is 5.76. The monoisotopic (exact) mass is 338 g/mol. The number of hydrogen-bond acceptors (Lipinski definition) is 3. The lowest BCUT2D eigenvalue weighted by Crippen LogP contribution is -2.40. The second-order valence-electron chi connectivity index (χ2n) is 6.55. The molecule has 25 heavy (non-hydrogen) atoms. The average molecular weight is 338 g/mol. The number of benzene rings is 2. The zero-order valence-corrected chi connectivity index (χ0v) is 14.6. The molecular formula is C21H26N2O2. The molecule has 1 heterocycles. The zero-order valence-electron chi connectivity index (χ0n) is 14.6. The van der Waals surface area contributed by atoms with E-state index in [-0.39, 0.29) is 12.0 Å². The third-order valence-corrected chi connectivity index (χ3v) is 4.43. The van der Waals surface area contributed by atoms with E-state index in [0.29, 0.717) is 13.1 Å². The Kier molecular flexibility index (Phi) is 6.60. The predicted molar refractivity (Wildman–Crippen MR) is 99.0 cm³/mol. The van der Waals surface area contributed by atoms with Crippen LogP contribution in [-0.2, 0) is 22.6 Å². The first-order chi connectivity index (χ1) is 12.3. The summed E-state index contributed by atoms with van der Waals surface area (Å²) in [6.07, 6.45) is 2.44. The molecule has 0 radical (unpaired) electrons. The molecule has 3 rings (SSSR count). The van der Waals surface area contributed by atoms with E-state index >= 15 is 0 Å². The Morgan fingerprint density at radius 2 is 1.72 bits per heavy atom. The van der Waals surface area contributed by atoms with Crippen molar-refractivity contribution in [1.29, 1.82) is 0 Å². The Labute approximate surface area is 149 Å². The van der Waals surface area contributed by atoms with Crippen LogP contribution in [0, 0.1) is 0 Å². The minimum absolute atomic E-state index is 0.0535. The third-order valence-electron chi connectivity index (χ3n) is 4.43. The van der Waals surface area contributed by atoms with E-state index in [1.165, 1.54) is 5.56 Å². The quantitative estimate of drug-likeness (QED) is 0.804. The van der Waals surface area contributed by atoms with Gasteiger partial charge in [-0.1, -0.05) is 60.7 Å².